The number of hydrogen-bond donors (Lipinski definition) is 1. The van der Waals surface area contributed by atoms with Crippen LogP contribution in [0.15, 0.2) is 91.0 Å². The minimum Gasteiger partial charge on any atom is -0.376 e. The first kappa shape index (κ1) is 29.5. The predicted molar refractivity (Wildman–Crippen MR) is 155 cm³/mol. The molecule has 8 nitrogen and oxygen atoms in total. The first-order valence-corrected chi connectivity index (χ1v) is 15.4. The van der Waals surface area contributed by atoms with Gasteiger partial charge in [-0.25, -0.2) is 8.42 Å². The van der Waals surface area contributed by atoms with E-state index in [2.05, 4.69) is 5.32 Å². The molecule has 1 heterocycles. The predicted octanol–water partition coefficient (Wildman–Crippen LogP) is 3.38. The molecule has 1 aliphatic heterocycles. The largest absolute Gasteiger partial charge is 0.376 e. The zero-order chi connectivity index (χ0) is 28.4. The molecule has 9 heteroatoms. The summed E-state index contributed by atoms with van der Waals surface area (Å²) in [6.07, 6.45) is 3.16. The van der Waals surface area contributed by atoms with Crippen molar-refractivity contribution in [3.05, 3.63) is 108 Å². The Morgan fingerprint density at radius 2 is 1.43 bits per heavy atom. The van der Waals surface area contributed by atoms with E-state index in [-0.39, 0.29) is 38.1 Å². The van der Waals surface area contributed by atoms with E-state index in [4.69, 9.17) is 4.74 Å². The second-order valence-corrected chi connectivity index (χ2v) is 12.1. The fourth-order valence-electron chi connectivity index (χ4n) is 4.79. The zero-order valence-electron chi connectivity index (χ0n) is 22.8. The average molecular weight is 564 g/mol. The number of carbonyl (C=O) groups is 2. The summed E-state index contributed by atoms with van der Waals surface area (Å²) in [5.41, 5.74) is 2.51. The highest BCUT2D eigenvalue weighted by Crippen LogP contribution is 2.18. The van der Waals surface area contributed by atoms with Gasteiger partial charge in [0.1, 0.15) is 6.04 Å². The number of nitrogens with one attached hydrogen (secondary N) is 1. The van der Waals surface area contributed by atoms with Crippen molar-refractivity contribution < 1.29 is 22.7 Å². The summed E-state index contributed by atoms with van der Waals surface area (Å²) >= 11 is 0. The molecule has 1 fully saturated rings. The van der Waals surface area contributed by atoms with Gasteiger partial charge in [-0.3, -0.25) is 9.59 Å². The lowest BCUT2D eigenvalue weighted by Crippen LogP contribution is -2.53. The number of rotatable bonds is 13. The summed E-state index contributed by atoms with van der Waals surface area (Å²) in [7, 11) is -3.72. The minimum atomic E-state index is -3.72. The third-order valence-corrected chi connectivity index (χ3v) is 8.17. The van der Waals surface area contributed by atoms with E-state index in [9.17, 15) is 18.0 Å². The molecular weight excluding hydrogens is 526 g/mol. The Hall–Kier alpha value is -3.53. The van der Waals surface area contributed by atoms with Crippen molar-refractivity contribution in [1.29, 1.82) is 0 Å². The van der Waals surface area contributed by atoms with Crippen molar-refractivity contribution in [3.63, 3.8) is 0 Å². The molecule has 0 aromatic heterocycles. The molecule has 0 aliphatic carbocycles. The van der Waals surface area contributed by atoms with Crippen LogP contribution in [0.3, 0.4) is 0 Å². The molecule has 1 N–H and O–H groups in total. The number of benzene rings is 3. The van der Waals surface area contributed by atoms with Crippen LogP contribution in [-0.4, -0.2) is 67.5 Å². The van der Waals surface area contributed by atoms with Gasteiger partial charge in [-0.15, -0.1) is 0 Å². The number of amides is 2. The van der Waals surface area contributed by atoms with Crippen molar-refractivity contribution in [1.82, 2.24) is 14.5 Å². The molecule has 212 valence electrons. The van der Waals surface area contributed by atoms with Gasteiger partial charge >= 0.3 is 0 Å². The fourth-order valence-corrected chi connectivity index (χ4v) is 5.52. The second-order valence-electron chi connectivity index (χ2n) is 10.1. The molecule has 2 atom stereocenters. The van der Waals surface area contributed by atoms with E-state index >= 15 is 0 Å². The monoisotopic (exact) mass is 563 g/mol. The third-order valence-electron chi connectivity index (χ3n) is 6.98. The van der Waals surface area contributed by atoms with Gasteiger partial charge < -0.3 is 15.0 Å². The topological polar surface area (TPSA) is 96.0 Å². The Morgan fingerprint density at radius 3 is 1.95 bits per heavy atom. The van der Waals surface area contributed by atoms with Crippen LogP contribution in [0.2, 0.25) is 0 Å². The van der Waals surface area contributed by atoms with Crippen LogP contribution in [-0.2, 0) is 43.9 Å². The van der Waals surface area contributed by atoms with Gasteiger partial charge in [-0.05, 0) is 29.5 Å². The molecule has 0 spiro atoms. The Kier molecular flexibility index (Phi) is 10.5. The molecule has 2 amide bonds. The van der Waals surface area contributed by atoms with Crippen molar-refractivity contribution >= 4 is 21.8 Å². The lowest BCUT2D eigenvalue weighted by Gasteiger charge is -2.33. The first-order valence-electron chi connectivity index (χ1n) is 13.6. The van der Waals surface area contributed by atoms with Gasteiger partial charge in [0.25, 0.3) is 0 Å². The maximum absolute atomic E-state index is 14.0. The minimum absolute atomic E-state index is 0.0498. The second kappa shape index (κ2) is 14.2. The van der Waals surface area contributed by atoms with E-state index in [0.29, 0.717) is 13.2 Å². The van der Waals surface area contributed by atoms with Crippen LogP contribution in [0, 0.1) is 0 Å². The number of ether oxygens (including phenoxy) is 1. The van der Waals surface area contributed by atoms with Crippen molar-refractivity contribution in [2.45, 2.75) is 44.5 Å². The van der Waals surface area contributed by atoms with E-state index in [1.165, 1.54) is 4.90 Å². The van der Waals surface area contributed by atoms with Crippen molar-refractivity contribution in [2.75, 3.05) is 26.0 Å². The van der Waals surface area contributed by atoms with Crippen LogP contribution in [0.5, 0.6) is 0 Å². The van der Waals surface area contributed by atoms with E-state index in [0.717, 1.165) is 40.1 Å². The highest BCUT2D eigenvalue weighted by molar-refractivity contribution is 7.88. The Balaban J connectivity index is 1.63. The average Bonchev–Trinajstić information content (AvgIpc) is 3.48. The third kappa shape index (κ3) is 8.74. The smallest absolute Gasteiger partial charge is 0.243 e. The van der Waals surface area contributed by atoms with Gasteiger partial charge in [-0.2, -0.15) is 4.31 Å². The molecule has 3 aromatic rings. The van der Waals surface area contributed by atoms with Crippen LogP contribution >= 0.6 is 0 Å². The Labute approximate surface area is 237 Å². The Bertz CT molecular complexity index is 1330. The van der Waals surface area contributed by atoms with Gasteiger partial charge in [0, 0.05) is 32.7 Å². The van der Waals surface area contributed by atoms with Crippen molar-refractivity contribution in [2.24, 2.45) is 0 Å². The highest BCUT2D eigenvalue weighted by Gasteiger charge is 2.33. The maximum Gasteiger partial charge on any atom is 0.243 e. The molecule has 1 aliphatic rings. The quantitative estimate of drug-likeness (QED) is 0.344. The van der Waals surface area contributed by atoms with E-state index < -0.39 is 22.0 Å². The summed E-state index contributed by atoms with van der Waals surface area (Å²) in [5.74, 6) is -0.740. The van der Waals surface area contributed by atoms with Gasteiger partial charge in [0.05, 0.1) is 18.9 Å². The summed E-state index contributed by atoms with van der Waals surface area (Å²) in [6, 6.07) is 27.2. The number of nitrogens with zero attached hydrogens (tertiary/aromatic N) is 2. The van der Waals surface area contributed by atoms with Gasteiger partial charge in [0.2, 0.25) is 21.8 Å². The molecule has 0 radical (unpaired) electrons. The number of hydrogen-bond acceptors (Lipinski definition) is 5. The van der Waals surface area contributed by atoms with E-state index in [1.807, 2.05) is 91.0 Å². The molecular formula is C31H37N3O5S. The molecule has 3 aromatic carbocycles. The number of sulfonamides is 1. The van der Waals surface area contributed by atoms with Gasteiger partial charge in [-0.1, -0.05) is 91.0 Å². The first-order chi connectivity index (χ1) is 19.3. The SMILES string of the molecule is CS(=O)(=O)N(CC(=O)N(Cc1ccccc1)[C@@H](Cc1ccccc1)C(=O)NC[C@H]1CCCO1)Cc1ccccc1. The van der Waals surface area contributed by atoms with Crippen LogP contribution in [0.4, 0.5) is 0 Å². The lowest BCUT2D eigenvalue weighted by atomic mass is 10.0. The van der Waals surface area contributed by atoms with Gasteiger partial charge in [0.15, 0.2) is 0 Å². The molecule has 4 rings (SSSR count). The zero-order valence-corrected chi connectivity index (χ0v) is 23.6. The van der Waals surface area contributed by atoms with Crippen LogP contribution in [0.25, 0.3) is 0 Å². The molecule has 0 unspecified atom stereocenters. The molecule has 0 saturated carbocycles. The summed E-state index contributed by atoms with van der Waals surface area (Å²) in [4.78, 5) is 29.2. The Morgan fingerprint density at radius 1 is 0.875 bits per heavy atom. The van der Waals surface area contributed by atoms with Crippen molar-refractivity contribution in [3.8, 4) is 0 Å². The molecule has 40 heavy (non-hydrogen) atoms. The normalized spacial score (nSPS) is 16.0. The van der Waals surface area contributed by atoms with Crippen LogP contribution < -0.4 is 5.32 Å². The van der Waals surface area contributed by atoms with E-state index in [1.54, 1.807) is 0 Å². The fraction of sp³-hybridized carbons (Fsp3) is 0.355. The summed E-state index contributed by atoms with van der Waals surface area (Å²) in [6.45, 7) is 0.869. The summed E-state index contributed by atoms with van der Waals surface area (Å²) < 4.78 is 32.4. The standard InChI is InChI=1S/C31H37N3O5S/c1-40(37,38)33(22-26-14-7-3-8-15-26)24-30(35)34(23-27-16-9-4-10-17-27)29(20-25-12-5-2-6-13-25)31(36)32-21-28-18-11-19-39-28/h2-10,12-17,28-29H,11,18-24H2,1H3,(H,32,36)/t28-,29+/m1/s1. The molecule has 0 bridgehead atoms. The molecule has 1 saturated heterocycles. The summed E-state index contributed by atoms with van der Waals surface area (Å²) in [5, 5.41) is 3.00. The lowest BCUT2D eigenvalue weighted by molar-refractivity contribution is -0.141. The number of carbonyl (C=O) groups excluding carboxylic acids is 2. The van der Waals surface area contributed by atoms with Crippen LogP contribution in [0.1, 0.15) is 29.5 Å². The highest BCUT2D eigenvalue weighted by atomic mass is 32.2. The maximum atomic E-state index is 14.0.